The maximum Gasteiger partial charge on any atom is 0.243 e. The van der Waals surface area contributed by atoms with Gasteiger partial charge in [-0.15, -0.1) is 0 Å². The lowest BCUT2D eigenvalue weighted by atomic mass is 9.87. The van der Waals surface area contributed by atoms with E-state index in [1.807, 2.05) is 12.1 Å². The highest BCUT2D eigenvalue weighted by Gasteiger charge is 2.46. The van der Waals surface area contributed by atoms with Crippen LogP contribution >= 0.6 is 0 Å². The zero-order chi connectivity index (χ0) is 16.8. The third-order valence-corrected chi connectivity index (χ3v) is 6.95. The molecule has 5 nitrogen and oxygen atoms in total. The van der Waals surface area contributed by atoms with Gasteiger partial charge in [0, 0.05) is 24.9 Å². The molecule has 2 atom stereocenters. The molecule has 23 heavy (non-hydrogen) atoms. The molecule has 3 rings (SSSR count). The Morgan fingerprint density at radius 3 is 2.04 bits per heavy atom. The molecule has 0 aliphatic carbocycles. The molecule has 0 spiro atoms. The Kier molecular flexibility index (Phi) is 4.01. The van der Waals surface area contributed by atoms with Gasteiger partial charge in [0.2, 0.25) is 10.0 Å². The molecule has 1 N–H and O–H groups in total. The van der Waals surface area contributed by atoms with Crippen molar-refractivity contribution in [2.75, 3.05) is 0 Å². The van der Waals surface area contributed by atoms with Gasteiger partial charge in [-0.2, -0.15) is 4.31 Å². The van der Waals surface area contributed by atoms with Gasteiger partial charge in [0.15, 0.2) is 0 Å². The summed E-state index contributed by atoms with van der Waals surface area (Å²) in [7, 11) is -3.50. The van der Waals surface area contributed by atoms with Crippen molar-refractivity contribution in [3.05, 3.63) is 29.8 Å². The van der Waals surface area contributed by atoms with Crippen LogP contribution in [0.4, 0.5) is 0 Å². The van der Waals surface area contributed by atoms with Gasteiger partial charge >= 0.3 is 0 Å². The number of sulfonamides is 1. The maximum absolute atomic E-state index is 13.0. The summed E-state index contributed by atoms with van der Waals surface area (Å²) in [5.74, 6) is 0. The highest BCUT2D eigenvalue weighted by molar-refractivity contribution is 7.89. The molecular weight excluding hydrogens is 312 g/mol. The second-order valence-corrected chi connectivity index (χ2v) is 9.41. The Morgan fingerprint density at radius 1 is 1.09 bits per heavy atom. The third kappa shape index (κ3) is 2.90. The third-order valence-electron chi connectivity index (χ3n) is 4.93. The Labute approximate surface area is 138 Å². The molecule has 2 heterocycles. The highest BCUT2D eigenvalue weighted by Crippen LogP contribution is 2.39. The molecule has 2 aliphatic heterocycles. The fourth-order valence-electron chi connectivity index (χ4n) is 3.67. The van der Waals surface area contributed by atoms with Crippen molar-refractivity contribution in [1.82, 2.24) is 4.31 Å². The van der Waals surface area contributed by atoms with Gasteiger partial charge in [0.1, 0.15) is 0 Å². The van der Waals surface area contributed by atoms with Crippen LogP contribution in [-0.4, -0.2) is 35.7 Å². The van der Waals surface area contributed by atoms with E-state index in [-0.39, 0.29) is 17.5 Å². The summed E-state index contributed by atoms with van der Waals surface area (Å²) < 4.78 is 27.7. The van der Waals surface area contributed by atoms with E-state index >= 15 is 0 Å². The average molecular weight is 336 g/mol. The Morgan fingerprint density at radius 2 is 1.61 bits per heavy atom. The predicted molar refractivity (Wildman–Crippen MR) is 89.4 cm³/mol. The summed E-state index contributed by atoms with van der Waals surface area (Å²) in [5.41, 5.74) is 1.83. The van der Waals surface area contributed by atoms with E-state index in [0.29, 0.717) is 23.4 Å². The quantitative estimate of drug-likeness (QED) is 0.666. The largest absolute Gasteiger partial charge is 0.411 e. The van der Waals surface area contributed by atoms with Gasteiger partial charge in [-0.05, 0) is 36.0 Å². The average Bonchev–Trinajstić information content (AvgIpc) is 2.78. The molecular formula is C17H24N2O3S. The molecule has 2 fully saturated rings. The first-order valence-corrected chi connectivity index (χ1v) is 9.51. The number of piperidine rings is 1. The summed E-state index contributed by atoms with van der Waals surface area (Å²) in [6.45, 7) is 6.32. The monoisotopic (exact) mass is 336 g/mol. The lowest BCUT2D eigenvalue weighted by molar-refractivity contribution is 0.284. The number of nitrogens with zero attached hydrogens (tertiary/aromatic N) is 2. The van der Waals surface area contributed by atoms with Crippen LogP contribution < -0.4 is 0 Å². The first kappa shape index (κ1) is 16.5. The molecule has 2 unspecified atom stereocenters. The van der Waals surface area contributed by atoms with Crippen LogP contribution in [0.15, 0.2) is 34.3 Å². The van der Waals surface area contributed by atoms with Crippen molar-refractivity contribution < 1.29 is 13.6 Å². The fraction of sp³-hybridized carbons (Fsp3) is 0.588. The normalized spacial score (nSPS) is 25.6. The lowest BCUT2D eigenvalue weighted by Gasteiger charge is -2.34. The summed E-state index contributed by atoms with van der Waals surface area (Å²) >= 11 is 0. The first-order valence-electron chi connectivity index (χ1n) is 8.07. The van der Waals surface area contributed by atoms with Crippen molar-refractivity contribution in [2.45, 2.75) is 68.8 Å². The van der Waals surface area contributed by atoms with Gasteiger partial charge in [0.05, 0.1) is 10.6 Å². The maximum atomic E-state index is 13.0. The van der Waals surface area contributed by atoms with Gasteiger partial charge in [-0.25, -0.2) is 8.42 Å². The number of fused-ring (bicyclic) bond motifs is 2. The van der Waals surface area contributed by atoms with E-state index in [1.165, 1.54) is 0 Å². The minimum atomic E-state index is -3.50. The summed E-state index contributed by atoms with van der Waals surface area (Å²) in [6, 6.07) is 7.08. The minimum absolute atomic E-state index is 0.00106. The minimum Gasteiger partial charge on any atom is -0.411 e. The van der Waals surface area contributed by atoms with Crippen LogP contribution in [0.3, 0.4) is 0 Å². The van der Waals surface area contributed by atoms with Crippen molar-refractivity contribution >= 4 is 15.7 Å². The second kappa shape index (κ2) is 5.60. The number of oxime groups is 1. The van der Waals surface area contributed by atoms with Crippen molar-refractivity contribution in [2.24, 2.45) is 5.16 Å². The zero-order valence-corrected chi connectivity index (χ0v) is 14.7. The molecule has 2 aliphatic rings. The molecule has 126 valence electrons. The highest BCUT2D eigenvalue weighted by atomic mass is 32.2. The van der Waals surface area contributed by atoms with Gasteiger partial charge in [-0.3, -0.25) is 0 Å². The van der Waals surface area contributed by atoms with E-state index in [4.69, 9.17) is 5.21 Å². The van der Waals surface area contributed by atoms with E-state index in [9.17, 15) is 8.42 Å². The SMILES string of the molecule is CC(C)(C)c1ccc(S(=O)(=O)N2C3CCC2CC(=NO)C3)cc1. The molecule has 1 aromatic rings. The lowest BCUT2D eigenvalue weighted by Crippen LogP contribution is -2.46. The van der Waals surface area contributed by atoms with Crippen molar-refractivity contribution in [1.29, 1.82) is 0 Å². The van der Waals surface area contributed by atoms with Crippen molar-refractivity contribution in [3.8, 4) is 0 Å². The van der Waals surface area contributed by atoms with Crippen LogP contribution in [0.1, 0.15) is 52.0 Å². The standard InChI is InChI=1S/C17H24N2O3S/c1-17(2,3)12-4-8-16(9-5-12)23(21,22)19-14-6-7-15(19)11-13(10-14)18-20/h4-5,8-9,14-15,20H,6-7,10-11H2,1-3H3. The second-order valence-electron chi connectivity index (χ2n) is 7.57. The molecule has 2 bridgehead atoms. The summed E-state index contributed by atoms with van der Waals surface area (Å²) in [5, 5.41) is 12.3. The Hall–Kier alpha value is -1.40. The van der Waals surface area contributed by atoms with E-state index in [0.717, 1.165) is 18.4 Å². The number of hydrogen-bond donors (Lipinski definition) is 1. The van der Waals surface area contributed by atoms with Crippen LogP contribution in [-0.2, 0) is 15.4 Å². The van der Waals surface area contributed by atoms with E-state index in [2.05, 4.69) is 25.9 Å². The molecule has 0 amide bonds. The smallest absolute Gasteiger partial charge is 0.243 e. The predicted octanol–water partition coefficient (Wildman–Crippen LogP) is 3.13. The van der Waals surface area contributed by atoms with Crippen molar-refractivity contribution in [3.63, 3.8) is 0 Å². The molecule has 0 radical (unpaired) electrons. The van der Waals surface area contributed by atoms with Crippen LogP contribution in [0, 0.1) is 0 Å². The number of hydrogen-bond acceptors (Lipinski definition) is 4. The Balaban J connectivity index is 1.91. The van der Waals surface area contributed by atoms with E-state index in [1.54, 1.807) is 16.4 Å². The molecule has 0 saturated carbocycles. The molecule has 1 aromatic carbocycles. The van der Waals surface area contributed by atoms with Crippen LogP contribution in [0.25, 0.3) is 0 Å². The Bertz CT molecular complexity index is 701. The molecule has 6 heteroatoms. The van der Waals surface area contributed by atoms with Crippen LogP contribution in [0.5, 0.6) is 0 Å². The van der Waals surface area contributed by atoms with Gasteiger partial charge in [-0.1, -0.05) is 38.1 Å². The van der Waals surface area contributed by atoms with E-state index < -0.39 is 10.0 Å². The van der Waals surface area contributed by atoms with Gasteiger partial charge < -0.3 is 5.21 Å². The number of rotatable bonds is 2. The fourth-order valence-corrected chi connectivity index (χ4v) is 5.54. The zero-order valence-electron chi connectivity index (χ0n) is 13.9. The topological polar surface area (TPSA) is 70.0 Å². The van der Waals surface area contributed by atoms with Gasteiger partial charge in [0.25, 0.3) is 0 Å². The first-order chi connectivity index (χ1) is 10.7. The molecule has 0 aromatic heterocycles. The molecule has 2 saturated heterocycles. The van der Waals surface area contributed by atoms with Crippen LogP contribution in [0.2, 0.25) is 0 Å². The summed E-state index contributed by atoms with van der Waals surface area (Å²) in [4.78, 5) is 0.354. The summed E-state index contributed by atoms with van der Waals surface area (Å²) in [6.07, 6.45) is 2.74. The number of benzene rings is 1.